The summed E-state index contributed by atoms with van der Waals surface area (Å²) in [6, 6.07) is 7.70. The van der Waals surface area contributed by atoms with Gasteiger partial charge in [-0.1, -0.05) is 39.0 Å². The fraction of sp³-hybridized carbons (Fsp3) is 0.667. The molecule has 0 saturated carbocycles. The molecule has 8 heteroatoms. The van der Waals surface area contributed by atoms with E-state index in [4.69, 9.17) is 4.74 Å². The quantitative estimate of drug-likeness (QED) is 0.550. The minimum absolute atomic E-state index is 0.0851. The van der Waals surface area contributed by atoms with Crippen molar-refractivity contribution in [3.8, 4) is 0 Å². The molecule has 0 aliphatic carbocycles. The number of likely N-dealkylation sites (tertiary alicyclic amines) is 1. The van der Waals surface area contributed by atoms with Crippen LogP contribution in [-0.4, -0.2) is 63.2 Å². The minimum atomic E-state index is -1.11. The zero-order valence-corrected chi connectivity index (χ0v) is 21.6. The smallest absolute Gasteiger partial charge is 0.246 e. The highest BCUT2D eigenvalue weighted by Gasteiger charge is 2.79. The summed E-state index contributed by atoms with van der Waals surface area (Å²) < 4.78 is 6.75. The lowest BCUT2D eigenvalue weighted by Crippen LogP contribution is -2.61. The number of ether oxygens (including phenoxy) is 1. The molecular weight excluding hydrogens is 446 g/mol. The van der Waals surface area contributed by atoms with E-state index in [9.17, 15) is 19.5 Å². The molecule has 3 fully saturated rings. The fourth-order valence-corrected chi connectivity index (χ4v) is 6.51. The second-order valence-electron chi connectivity index (χ2n) is 11.7. The molecule has 35 heavy (non-hydrogen) atoms. The van der Waals surface area contributed by atoms with E-state index in [2.05, 4.69) is 10.6 Å². The molecule has 3 N–H and O–H groups in total. The van der Waals surface area contributed by atoms with Gasteiger partial charge < -0.3 is 25.4 Å². The molecule has 0 radical (unpaired) electrons. The summed E-state index contributed by atoms with van der Waals surface area (Å²) in [4.78, 5) is 43.2. The highest BCUT2D eigenvalue weighted by Crippen LogP contribution is 2.64. The molecule has 1 aromatic rings. The number of hydrogen-bond donors (Lipinski definition) is 3. The minimum Gasteiger partial charge on any atom is -0.394 e. The van der Waals surface area contributed by atoms with Crippen LogP contribution in [0.25, 0.3) is 0 Å². The van der Waals surface area contributed by atoms with Crippen LogP contribution in [0.2, 0.25) is 0 Å². The Morgan fingerprint density at radius 3 is 2.37 bits per heavy atom. The van der Waals surface area contributed by atoms with Crippen LogP contribution >= 0.6 is 0 Å². The Balaban J connectivity index is 1.80. The van der Waals surface area contributed by atoms with E-state index in [1.165, 1.54) is 4.90 Å². The molecule has 0 aromatic heterocycles. The van der Waals surface area contributed by atoms with E-state index in [1.54, 1.807) is 0 Å². The zero-order chi connectivity index (χ0) is 25.8. The molecule has 8 nitrogen and oxygen atoms in total. The first-order valence-corrected chi connectivity index (χ1v) is 12.7. The van der Waals surface area contributed by atoms with Crippen molar-refractivity contribution in [2.24, 2.45) is 17.8 Å². The normalized spacial score (nSPS) is 32.6. The summed E-state index contributed by atoms with van der Waals surface area (Å²) in [5.74, 6) is -2.45. The molecule has 3 heterocycles. The lowest BCUT2D eigenvalue weighted by Gasteiger charge is -2.39. The van der Waals surface area contributed by atoms with Crippen LogP contribution in [0, 0.1) is 17.8 Å². The zero-order valence-electron chi connectivity index (χ0n) is 21.6. The number of benzene rings is 1. The first-order valence-electron chi connectivity index (χ1n) is 12.7. The Morgan fingerprint density at radius 2 is 1.83 bits per heavy atom. The lowest BCUT2D eigenvalue weighted by molar-refractivity contribution is -0.152. The van der Waals surface area contributed by atoms with Crippen molar-refractivity contribution in [2.45, 2.75) is 89.6 Å². The average Bonchev–Trinajstić information content (AvgIpc) is 3.38. The maximum absolute atomic E-state index is 14.2. The van der Waals surface area contributed by atoms with Crippen LogP contribution in [0.1, 0.15) is 60.8 Å². The van der Waals surface area contributed by atoms with Crippen LogP contribution < -0.4 is 10.6 Å². The molecule has 192 valence electrons. The SMILES string of the molecule is CC[C@@]12CCC3(O1)C(C(=O)NC(C)(C)C)N([C@@H](CO)C(C)C)C(=O)[C@@H]3[C@@H]2C(=O)Nc1ccccc1. The number of anilines is 1. The molecule has 3 aliphatic rings. The first kappa shape index (κ1) is 25.6. The summed E-state index contributed by atoms with van der Waals surface area (Å²) >= 11 is 0. The van der Waals surface area contributed by atoms with Crippen LogP contribution in [0.5, 0.6) is 0 Å². The number of rotatable bonds is 7. The Hall–Kier alpha value is -2.45. The van der Waals surface area contributed by atoms with Crippen molar-refractivity contribution >= 4 is 23.4 Å². The third-order valence-electron chi connectivity index (χ3n) is 8.00. The molecule has 4 rings (SSSR count). The summed E-state index contributed by atoms with van der Waals surface area (Å²) in [7, 11) is 0. The van der Waals surface area contributed by atoms with Crippen LogP contribution in [0.15, 0.2) is 30.3 Å². The largest absolute Gasteiger partial charge is 0.394 e. The topological polar surface area (TPSA) is 108 Å². The van der Waals surface area contributed by atoms with Gasteiger partial charge in [0.05, 0.1) is 30.1 Å². The maximum Gasteiger partial charge on any atom is 0.246 e. The maximum atomic E-state index is 14.2. The van der Waals surface area contributed by atoms with Gasteiger partial charge in [0.2, 0.25) is 17.7 Å². The van der Waals surface area contributed by atoms with Crippen molar-refractivity contribution < 1.29 is 24.2 Å². The van der Waals surface area contributed by atoms with Gasteiger partial charge in [0.15, 0.2) is 0 Å². The second-order valence-corrected chi connectivity index (χ2v) is 11.7. The highest BCUT2D eigenvalue weighted by atomic mass is 16.5. The predicted molar refractivity (Wildman–Crippen MR) is 132 cm³/mol. The van der Waals surface area contributed by atoms with E-state index >= 15 is 0 Å². The Bertz CT molecular complexity index is 990. The Morgan fingerprint density at radius 1 is 1.17 bits per heavy atom. The summed E-state index contributed by atoms with van der Waals surface area (Å²) in [5, 5.41) is 16.3. The van der Waals surface area contributed by atoms with Gasteiger partial charge in [-0.3, -0.25) is 14.4 Å². The van der Waals surface area contributed by atoms with Gasteiger partial charge in [-0.15, -0.1) is 0 Å². The average molecular weight is 486 g/mol. The van der Waals surface area contributed by atoms with Crippen LogP contribution in [-0.2, 0) is 19.1 Å². The fourth-order valence-electron chi connectivity index (χ4n) is 6.51. The Labute approximate surface area is 207 Å². The van der Waals surface area contributed by atoms with E-state index in [1.807, 2.05) is 71.9 Å². The standard InChI is InChI=1S/C27H39N3O5/c1-7-26-13-14-27(35-26)20(19(26)22(32)28-17-11-9-8-10-12-17)24(34)30(18(15-31)16(2)3)21(27)23(33)29-25(4,5)6/h8-12,16,18-21,31H,7,13-15H2,1-6H3,(H,28,32)(H,29,33)/t18-,19+,20-,21?,26-,27?/m0/s1. The number of fused-ring (bicyclic) bond motifs is 1. The number of hydrogen-bond acceptors (Lipinski definition) is 5. The summed E-state index contributed by atoms with van der Waals surface area (Å²) in [6.45, 7) is 11.2. The van der Waals surface area contributed by atoms with Crippen molar-refractivity contribution in [1.29, 1.82) is 0 Å². The molecule has 3 aliphatic heterocycles. The third kappa shape index (κ3) is 4.04. The van der Waals surface area contributed by atoms with E-state index in [-0.39, 0.29) is 30.2 Å². The van der Waals surface area contributed by atoms with Crippen LogP contribution in [0.3, 0.4) is 0 Å². The van der Waals surface area contributed by atoms with Crippen molar-refractivity contribution in [1.82, 2.24) is 10.2 Å². The van der Waals surface area contributed by atoms with Gasteiger partial charge in [0.1, 0.15) is 11.6 Å². The molecule has 3 amide bonds. The van der Waals surface area contributed by atoms with Gasteiger partial charge in [-0.05, 0) is 58.1 Å². The number of carbonyl (C=O) groups is 3. The number of nitrogens with one attached hydrogen (secondary N) is 2. The van der Waals surface area contributed by atoms with E-state index in [0.717, 1.165) is 0 Å². The molecular formula is C27H39N3O5. The van der Waals surface area contributed by atoms with E-state index < -0.39 is 40.7 Å². The summed E-state index contributed by atoms with van der Waals surface area (Å²) in [5.41, 5.74) is -1.78. The number of para-hydroxylation sites is 1. The Kier molecular flexibility index (Phi) is 6.51. The van der Waals surface area contributed by atoms with Crippen LogP contribution in [0.4, 0.5) is 5.69 Å². The van der Waals surface area contributed by atoms with E-state index in [0.29, 0.717) is 24.9 Å². The number of nitrogens with zero attached hydrogens (tertiary/aromatic N) is 1. The van der Waals surface area contributed by atoms with Gasteiger partial charge >= 0.3 is 0 Å². The van der Waals surface area contributed by atoms with Gasteiger partial charge in [0, 0.05) is 11.2 Å². The first-order chi connectivity index (χ1) is 16.4. The molecule has 2 unspecified atom stereocenters. The molecule has 1 aromatic carbocycles. The number of aliphatic hydroxyl groups is 1. The van der Waals surface area contributed by atoms with Gasteiger partial charge in [-0.2, -0.15) is 0 Å². The highest BCUT2D eigenvalue weighted by molar-refractivity contribution is 6.02. The monoisotopic (exact) mass is 485 g/mol. The van der Waals surface area contributed by atoms with Crippen molar-refractivity contribution in [3.63, 3.8) is 0 Å². The second kappa shape index (κ2) is 8.89. The van der Waals surface area contributed by atoms with Gasteiger partial charge in [0.25, 0.3) is 0 Å². The van der Waals surface area contributed by atoms with Crippen molar-refractivity contribution in [3.05, 3.63) is 30.3 Å². The summed E-state index contributed by atoms with van der Waals surface area (Å²) in [6.07, 6.45) is 1.67. The third-order valence-corrected chi connectivity index (χ3v) is 8.00. The van der Waals surface area contributed by atoms with Crippen molar-refractivity contribution in [2.75, 3.05) is 11.9 Å². The molecule has 3 saturated heterocycles. The molecule has 2 bridgehead atoms. The lowest BCUT2D eigenvalue weighted by atomic mass is 9.65. The molecule has 1 spiro atoms. The van der Waals surface area contributed by atoms with Gasteiger partial charge in [-0.25, -0.2) is 0 Å². The molecule has 6 atom stereocenters. The number of aliphatic hydroxyl groups excluding tert-OH is 1. The predicted octanol–water partition coefficient (Wildman–Crippen LogP) is 2.71. The number of carbonyl (C=O) groups excluding carboxylic acids is 3. The number of amides is 3.